The fourth-order valence-electron chi connectivity index (χ4n) is 6.23. The number of piperidine rings is 1. The molecule has 3 aromatic rings. The number of anilines is 1. The number of benzene rings is 1. The molecule has 2 N–H and O–H groups in total. The minimum atomic E-state index is -0.131. The van der Waals surface area contributed by atoms with Crippen molar-refractivity contribution < 1.29 is 4.79 Å². The first-order valence-electron chi connectivity index (χ1n) is 14.6. The highest BCUT2D eigenvalue weighted by atomic mass is 16.1. The molecular weight excluding hydrogens is 498 g/mol. The molecule has 40 heavy (non-hydrogen) atoms. The van der Waals surface area contributed by atoms with Crippen molar-refractivity contribution in [3.63, 3.8) is 0 Å². The van der Waals surface area contributed by atoms with Gasteiger partial charge in [0.15, 0.2) is 0 Å². The van der Waals surface area contributed by atoms with Gasteiger partial charge >= 0.3 is 0 Å². The van der Waals surface area contributed by atoms with Gasteiger partial charge in [-0.05, 0) is 94.3 Å². The van der Waals surface area contributed by atoms with E-state index in [-0.39, 0.29) is 18.0 Å². The fourth-order valence-corrected chi connectivity index (χ4v) is 6.23. The third kappa shape index (κ3) is 6.36. The van der Waals surface area contributed by atoms with Crippen molar-refractivity contribution in [3.05, 3.63) is 104 Å². The van der Waals surface area contributed by atoms with E-state index in [9.17, 15) is 9.59 Å². The lowest BCUT2D eigenvalue weighted by Gasteiger charge is -2.40. The summed E-state index contributed by atoms with van der Waals surface area (Å²) in [5, 5.41) is 3.06. The number of nitrogens with one attached hydrogen (secondary N) is 2. The maximum atomic E-state index is 13.5. The molecule has 0 atom stereocenters. The van der Waals surface area contributed by atoms with Crippen LogP contribution < -0.4 is 15.8 Å². The average molecular weight is 540 g/mol. The van der Waals surface area contributed by atoms with Crippen LogP contribution in [0.5, 0.6) is 0 Å². The van der Waals surface area contributed by atoms with Crippen molar-refractivity contribution in [3.8, 4) is 0 Å². The van der Waals surface area contributed by atoms with E-state index in [4.69, 9.17) is 0 Å². The fraction of sp³-hybridized carbons (Fsp3) is 0.424. The third-order valence-electron chi connectivity index (χ3n) is 8.23. The second-order valence-corrected chi connectivity index (χ2v) is 11.0. The molecule has 5 rings (SSSR count). The predicted octanol–water partition coefficient (Wildman–Crippen LogP) is 4.85. The number of fused-ring (bicyclic) bond motifs is 2. The Balaban J connectivity index is 1.36. The summed E-state index contributed by atoms with van der Waals surface area (Å²) < 4.78 is 0. The first-order valence-corrected chi connectivity index (χ1v) is 14.6. The van der Waals surface area contributed by atoms with Crippen LogP contribution in [0.25, 0.3) is 0 Å². The maximum Gasteiger partial charge on any atom is 0.253 e. The highest BCUT2D eigenvalue weighted by molar-refractivity contribution is 5.97. The smallest absolute Gasteiger partial charge is 0.253 e. The summed E-state index contributed by atoms with van der Waals surface area (Å²) in [4.78, 5) is 38.8. The van der Waals surface area contributed by atoms with Crippen LogP contribution in [0.4, 0.5) is 5.69 Å². The van der Waals surface area contributed by atoms with Crippen LogP contribution in [0, 0.1) is 13.8 Å². The quantitative estimate of drug-likeness (QED) is 0.453. The van der Waals surface area contributed by atoms with Crippen molar-refractivity contribution in [1.82, 2.24) is 20.2 Å². The van der Waals surface area contributed by atoms with Crippen molar-refractivity contribution in [2.24, 2.45) is 0 Å². The van der Waals surface area contributed by atoms with Crippen LogP contribution in [0.1, 0.15) is 70.3 Å². The topological polar surface area (TPSA) is 81.3 Å². The van der Waals surface area contributed by atoms with Gasteiger partial charge in [0.05, 0.1) is 5.69 Å². The van der Waals surface area contributed by atoms with Crippen molar-refractivity contribution in [2.45, 2.75) is 72.0 Å². The molecule has 2 aromatic heterocycles. The van der Waals surface area contributed by atoms with Crippen LogP contribution in [-0.4, -0.2) is 46.5 Å². The lowest BCUT2D eigenvalue weighted by molar-refractivity contribution is 0.0950. The Morgan fingerprint density at radius 3 is 2.60 bits per heavy atom. The predicted molar refractivity (Wildman–Crippen MR) is 161 cm³/mol. The van der Waals surface area contributed by atoms with E-state index in [1.54, 1.807) is 0 Å². The first-order chi connectivity index (χ1) is 19.4. The van der Waals surface area contributed by atoms with Gasteiger partial charge in [-0.3, -0.25) is 19.5 Å². The van der Waals surface area contributed by atoms with Gasteiger partial charge in [-0.1, -0.05) is 24.3 Å². The number of allylic oxidation sites excluding steroid dienone is 2. The second kappa shape index (κ2) is 12.6. The number of pyridine rings is 2. The molecule has 7 heteroatoms. The molecule has 0 radical (unpaired) electrons. The Hall–Kier alpha value is -3.71. The highest BCUT2D eigenvalue weighted by Crippen LogP contribution is 2.30. The Kier molecular flexibility index (Phi) is 8.80. The number of likely N-dealkylation sites (tertiary alicyclic amines) is 1. The molecule has 0 spiro atoms. The van der Waals surface area contributed by atoms with Gasteiger partial charge in [0, 0.05) is 67.0 Å². The monoisotopic (exact) mass is 539 g/mol. The molecule has 1 amide bonds. The third-order valence-corrected chi connectivity index (χ3v) is 8.23. The molecule has 0 aliphatic carbocycles. The van der Waals surface area contributed by atoms with Crippen LogP contribution in [0.15, 0.2) is 59.4 Å². The standard InChI is InChI=1S/C33H41N5O2/c1-4-38(27-16-18-37(19-17-27)22-26-12-8-10-23(2)35-26)31-15-9-14-29-28(31)13-7-5-6-11-25-20-24(3)36-33(40)30(25)21-34-32(29)39/h5,7-10,12,14-15,20,27H,4,6,11,13,16-19,21-22H2,1-3H3,(H,34,39)(H,36,40)/b7-5+. The number of hydrogen-bond donors (Lipinski definition) is 2. The van der Waals surface area contributed by atoms with Gasteiger partial charge in [-0.25, -0.2) is 0 Å². The average Bonchev–Trinajstić information content (AvgIpc) is 2.93. The molecule has 0 unspecified atom stereocenters. The molecule has 0 saturated carbocycles. The number of carbonyl (C=O) groups is 1. The van der Waals surface area contributed by atoms with Crippen LogP contribution in [-0.2, 0) is 25.9 Å². The summed E-state index contributed by atoms with van der Waals surface area (Å²) >= 11 is 0. The summed E-state index contributed by atoms with van der Waals surface area (Å²) in [6, 6.07) is 14.8. The molecule has 210 valence electrons. The van der Waals surface area contributed by atoms with E-state index >= 15 is 0 Å². The summed E-state index contributed by atoms with van der Waals surface area (Å²) in [5.41, 5.74) is 7.46. The van der Waals surface area contributed by atoms with Crippen molar-refractivity contribution in [1.29, 1.82) is 0 Å². The van der Waals surface area contributed by atoms with Crippen LogP contribution in [0.2, 0.25) is 0 Å². The number of nitrogens with zero attached hydrogens (tertiary/aromatic N) is 3. The number of hydrogen-bond acceptors (Lipinski definition) is 5. The number of carbonyl (C=O) groups excluding carboxylic acids is 1. The number of H-pyrrole nitrogens is 1. The van der Waals surface area contributed by atoms with E-state index in [1.165, 1.54) is 0 Å². The normalized spacial score (nSPS) is 17.6. The van der Waals surface area contributed by atoms with Gasteiger partial charge in [-0.15, -0.1) is 0 Å². The largest absolute Gasteiger partial charge is 0.368 e. The lowest BCUT2D eigenvalue weighted by Crippen LogP contribution is -2.45. The van der Waals surface area contributed by atoms with Crippen LogP contribution >= 0.6 is 0 Å². The van der Waals surface area contributed by atoms with E-state index < -0.39 is 0 Å². The highest BCUT2D eigenvalue weighted by Gasteiger charge is 2.27. The summed E-state index contributed by atoms with van der Waals surface area (Å²) in [7, 11) is 0. The summed E-state index contributed by atoms with van der Waals surface area (Å²) in [5.74, 6) is -0.131. The Morgan fingerprint density at radius 2 is 1.82 bits per heavy atom. The molecule has 1 saturated heterocycles. The number of aromatic nitrogens is 2. The second-order valence-electron chi connectivity index (χ2n) is 11.0. The van der Waals surface area contributed by atoms with Gasteiger partial charge in [0.2, 0.25) is 0 Å². The zero-order chi connectivity index (χ0) is 28.1. The van der Waals surface area contributed by atoms with Gasteiger partial charge < -0.3 is 15.2 Å². The molecular formula is C33H41N5O2. The zero-order valence-electron chi connectivity index (χ0n) is 24.0. The zero-order valence-corrected chi connectivity index (χ0v) is 24.0. The SMILES string of the molecule is CCN(c1cccc2c1C/C=C/CCc1cc(C)[nH]c(=O)c1CNC2=O)C1CCN(Cc2cccc(C)n2)CC1. The number of amides is 1. The molecule has 7 nitrogen and oxygen atoms in total. The molecule has 2 aliphatic rings. The number of rotatable bonds is 5. The number of aryl methyl sites for hydroxylation is 3. The molecule has 0 bridgehead atoms. The lowest BCUT2D eigenvalue weighted by atomic mass is 9.95. The first kappa shape index (κ1) is 27.8. The van der Waals surface area contributed by atoms with E-state index in [2.05, 4.69) is 62.4 Å². The van der Waals surface area contributed by atoms with Gasteiger partial charge in [-0.2, -0.15) is 0 Å². The van der Waals surface area contributed by atoms with Gasteiger partial charge in [0.1, 0.15) is 0 Å². The summed E-state index contributed by atoms with van der Waals surface area (Å²) in [6.07, 6.45) is 8.85. The van der Waals surface area contributed by atoms with Crippen molar-refractivity contribution >= 4 is 11.6 Å². The minimum Gasteiger partial charge on any atom is -0.368 e. The Morgan fingerprint density at radius 1 is 1.02 bits per heavy atom. The van der Waals surface area contributed by atoms with E-state index in [0.29, 0.717) is 23.6 Å². The van der Waals surface area contributed by atoms with Crippen molar-refractivity contribution in [2.75, 3.05) is 24.5 Å². The maximum absolute atomic E-state index is 13.5. The van der Waals surface area contributed by atoms with Gasteiger partial charge in [0.25, 0.3) is 11.5 Å². The molecule has 1 fully saturated rings. The Labute approximate surface area is 237 Å². The van der Waals surface area contributed by atoms with Crippen LogP contribution in [0.3, 0.4) is 0 Å². The Bertz CT molecular complexity index is 1430. The molecule has 1 aromatic carbocycles. The summed E-state index contributed by atoms with van der Waals surface area (Å²) in [6.45, 7) is 10.2. The van der Waals surface area contributed by atoms with E-state index in [1.807, 2.05) is 38.1 Å². The number of aromatic amines is 1. The van der Waals surface area contributed by atoms with E-state index in [0.717, 1.165) is 85.8 Å². The molecule has 2 aliphatic heterocycles. The molecule has 4 heterocycles. The minimum absolute atomic E-state index is 0.119.